The van der Waals surface area contributed by atoms with Crippen LogP contribution in [-0.4, -0.2) is 34.6 Å². The van der Waals surface area contributed by atoms with Gasteiger partial charge in [-0.25, -0.2) is 0 Å². The topological polar surface area (TPSA) is 36.1 Å². The van der Waals surface area contributed by atoms with E-state index >= 15 is 0 Å². The van der Waals surface area contributed by atoms with Gasteiger partial charge in [-0.1, -0.05) is 30.4 Å². The number of thioether (sulfide) groups is 1. The van der Waals surface area contributed by atoms with Crippen molar-refractivity contribution in [2.45, 2.75) is 11.3 Å². The van der Waals surface area contributed by atoms with E-state index < -0.39 is 0 Å². The van der Waals surface area contributed by atoms with Crippen LogP contribution < -0.4 is 0 Å². The maximum Gasteiger partial charge on any atom is 0.256 e. The fraction of sp³-hybridized carbons (Fsp3) is 0.294. The molecule has 0 bridgehead atoms. The van der Waals surface area contributed by atoms with E-state index in [1.807, 2.05) is 28.8 Å². The number of hydrogen-bond donors (Lipinski definition) is 1. The molecule has 0 radical (unpaired) electrons. The molecule has 3 rings (SSSR count). The monoisotopic (exact) mass is 330 g/mol. The summed E-state index contributed by atoms with van der Waals surface area (Å²) in [6, 6.07) is 14.0. The Morgan fingerprint density at radius 2 is 2.09 bits per heavy atom. The number of H-pyrrole nitrogens is 1. The van der Waals surface area contributed by atoms with Crippen LogP contribution in [0.2, 0.25) is 0 Å². The van der Waals surface area contributed by atoms with Gasteiger partial charge in [0.15, 0.2) is 0 Å². The molecule has 1 aromatic heterocycles. The maximum atomic E-state index is 12.5. The zero-order chi connectivity index (χ0) is 15.4. The lowest BCUT2D eigenvalue weighted by atomic mass is 10.2. The average molecular weight is 330 g/mol. The molecule has 0 aliphatic carbocycles. The molecule has 1 saturated heterocycles. The van der Waals surface area contributed by atoms with Crippen molar-refractivity contribution in [1.29, 1.82) is 0 Å². The van der Waals surface area contributed by atoms with Gasteiger partial charge in [-0.2, -0.15) is 0 Å². The minimum atomic E-state index is 0.0501. The molecule has 1 amide bonds. The van der Waals surface area contributed by atoms with Crippen LogP contribution in [0.5, 0.6) is 0 Å². The van der Waals surface area contributed by atoms with Gasteiger partial charge in [0.2, 0.25) is 0 Å². The molecule has 1 fully saturated rings. The van der Waals surface area contributed by atoms with Crippen LogP contribution in [0.1, 0.15) is 16.8 Å². The molecule has 0 unspecified atom stereocenters. The van der Waals surface area contributed by atoms with Crippen LogP contribution in [-0.2, 0) is 0 Å². The molecule has 0 saturated carbocycles. The van der Waals surface area contributed by atoms with E-state index in [9.17, 15) is 4.79 Å². The van der Waals surface area contributed by atoms with Gasteiger partial charge >= 0.3 is 0 Å². The Morgan fingerprint density at radius 1 is 1.27 bits per heavy atom. The Hall–Kier alpha value is -1.59. The molecular weight excluding hydrogens is 312 g/mol. The Kier molecular flexibility index (Phi) is 4.95. The first-order chi connectivity index (χ1) is 10.7. The van der Waals surface area contributed by atoms with Crippen molar-refractivity contribution in [3.05, 3.63) is 58.9 Å². The van der Waals surface area contributed by atoms with Gasteiger partial charge in [0.25, 0.3) is 5.91 Å². The largest absolute Gasteiger partial charge is 0.352 e. The van der Waals surface area contributed by atoms with Crippen LogP contribution in [0.3, 0.4) is 0 Å². The van der Waals surface area contributed by atoms with Crippen molar-refractivity contribution in [1.82, 2.24) is 9.88 Å². The Morgan fingerprint density at radius 3 is 2.86 bits per heavy atom. The second-order valence-electron chi connectivity index (χ2n) is 5.44. The van der Waals surface area contributed by atoms with Crippen molar-refractivity contribution in [2.75, 3.05) is 18.8 Å². The van der Waals surface area contributed by atoms with E-state index in [1.54, 1.807) is 12.3 Å². The molecule has 3 nitrogen and oxygen atoms in total. The summed E-state index contributed by atoms with van der Waals surface area (Å²) in [6.07, 6.45) is 2.82. The zero-order valence-electron chi connectivity index (χ0n) is 12.2. The summed E-state index contributed by atoms with van der Waals surface area (Å²) in [5.41, 5.74) is 0.605. The first-order valence-corrected chi connectivity index (χ1v) is 8.78. The number of carbonyl (C=O) groups excluding carboxylic acids is 1. The lowest BCUT2D eigenvalue weighted by Crippen LogP contribution is -2.29. The van der Waals surface area contributed by atoms with Crippen molar-refractivity contribution in [3.8, 4) is 0 Å². The van der Waals surface area contributed by atoms with E-state index in [4.69, 9.17) is 12.2 Å². The number of rotatable bonds is 4. The van der Waals surface area contributed by atoms with Gasteiger partial charge < -0.3 is 9.88 Å². The number of aromatic amines is 1. The van der Waals surface area contributed by atoms with E-state index in [0.717, 1.165) is 25.3 Å². The van der Waals surface area contributed by atoms with Crippen molar-refractivity contribution in [3.63, 3.8) is 0 Å². The Labute approximate surface area is 139 Å². The summed E-state index contributed by atoms with van der Waals surface area (Å²) in [6.45, 7) is 1.64. The first-order valence-electron chi connectivity index (χ1n) is 7.39. The Balaban J connectivity index is 1.57. The third-order valence-corrected chi connectivity index (χ3v) is 5.43. The van der Waals surface area contributed by atoms with Gasteiger partial charge in [-0.15, -0.1) is 11.8 Å². The number of hydrogen-bond acceptors (Lipinski definition) is 3. The highest BCUT2D eigenvalue weighted by Crippen LogP contribution is 2.26. The molecule has 22 heavy (non-hydrogen) atoms. The number of nitrogens with one attached hydrogen (secondary N) is 1. The number of aromatic nitrogens is 1. The van der Waals surface area contributed by atoms with Gasteiger partial charge in [-0.05, 0) is 36.6 Å². The third-order valence-electron chi connectivity index (χ3n) is 3.85. The fourth-order valence-electron chi connectivity index (χ4n) is 2.64. The minimum absolute atomic E-state index is 0.0501. The quantitative estimate of drug-likeness (QED) is 0.680. The molecule has 1 aliphatic rings. The van der Waals surface area contributed by atoms with Crippen LogP contribution in [0.4, 0.5) is 0 Å². The van der Waals surface area contributed by atoms with Crippen molar-refractivity contribution < 1.29 is 4.79 Å². The summed E-state index contributed by atoms with van der Waals surface area (Å²) in [5, 5.41) is 0. The number of pyridine rings is 1. The molecule has 1 aliphatic heterocycles. The van der Waals surface area contributed by atoms with Crippen LogP contribution in [0, 0.1) is 10.6 Å². The van der Waals surface area contributed by atoms with Gasteiger partial charge in [-0.3, -0.25) is 4.79 Å². The predicted octanol–water partition coefficient (Wildman–Crippen LogP) is 4.00. The summed E-state index contributed by atoms with van der Waals surface area (Å²) < 4.78 is 0.523. The lowest BCUT2D eigenvalue weighted by molar-refractivity contribution is 0.0787. The highest BCUT2D eigenvalue weighted by atomic mass is 32.2. The number of nitrogens with zero attached hydrogens (tertiary/aromatic N) is 1. The smallest absolute Gasteiger partial charge is 0.256 e. The molecule has 2 aromatic rings. The first kappa shape index (κ1) is 15.3. The predicted molar refractivity (Wildman–Crippen MR) is 92.8 cm³/mol. The Bertz CT molecular complexity index is 699. The van der Waals surface area contributed by atoms with E-state index in [2.05, 4.69) is 29.2 Å². The van der Waals surface area contributed by atoms with Crippen molar-refractivity contribution >= 4 is 29.9 Å². The molecule has 114 valence electrons. The third kappa shape index (κ3) is 3.59. The number of benzene rings is 1. The molecule has 5 heteroatoms. The highest BCUT2D eigenvalue weighted by Gasteiger charge is 2.27. The molecule has 1 atom stereocenters. The molecule has 0 spiro atoms. The number of carbonyl (C=O) groups is 1. The van der Waals surface area contributed by atoms with E-state index in [0.29, 0.717) is 16.1 Å². The van der Waals surface area contributed by atoms with Crippen LogP contribution in [0.15, 0.2) is 53.6 Å². The SMILES string of the molecule is O=C(c1ccc[nH]c1=S)N1CC[C@H](CSc2ccccc2)C1. The second-order valence-corrected chi connectivity index (χ2v) is 6.94. The summed E-state index contributed by atoms with van der Waals surface area (Å²) in [7, 11) is 0. The number of likely N-dealkylation sites (tertiary alicyclic amines) is 1. The lowest BCUT2D eigenvalue weighted by Gasteiger charge is -2.16. The van der Waals surface area contributed by atoms with Gasteiger partial charge in [0.1, 0.15) is 4.64 Å². The van der Waals surface area contributed by atoms with Crippen LogP contribution in [0.25, 0.3) is 0 Å². The molecule has 1 N–H and O–H groups in total. The minimum Gasteiger partial charge on any atom is -0.352 e. The van der Waals surface area contributed by atoms with Gasteiger partial charge in [0, 0.05) is 29.9 Å². The molecule has 2 heterocycles. The van der Waals surface area contributed by atoms with Crippen molar-refractivity contribution in [2.24, 2.45) is 5.92 Å². The average Bonchev–Trinajstić information content (AvgIpc) is 3.03. The van der Waals surface area contributed by atoms with E-state index in [-0.39, 0.29) is 5.91 Å². The maximum absolute atomic E-state index is 12.5. The summed E-state index contributed by atoms with van der Waals surface area (Å²) >= 11 is 7.07. The summed E-state index contributed by atoms with van der Waals surface area (Å²) in [5.74, 6) is 1.65. The molecule has 1 aromatic carbocycles. The van der Waals surface area contributed by atoms with Crippen LogP contribution >= 0.6 is 24.0 Å². The zero-order valence-corrected chi connectivity index (χ0v) is 13.8. The molecular formula is C17H18N2OS2. The second kappa shape index (κ2) is 7.11. The van der Waals surface area contributed by atoms with Gasteiger partial charge in [0.05, 0.1) is 5.56 Å². The highest BCUT2D eigenvalue weighted by molar-refractivity contribution is 7.99. The van der Waals surface area contributed by atoms with E-state index in [1.165, 1.54) is 4.90 Å². The normalized spacial score (nSPS) is 17.6. The number of amides is 1. The summed E-state index contributed by atoms with van der Waals surface area (Å²) in [4.78, 5) is 18.7. The fourth-order valence-corrected chi connectivity index (χ4v) is 3.92. The standard InChI is InChI=1S/C17H18N2OS2/c20-17(15-7-4-9-18-16(15)21)19-10-8-13(11-19)12-22-14-5-2-1-3-6-14/h1-7,9,13H,8,10-12H2,(H,18,21)/t13-/m0/s1.